The van der Waals surface area contributed by atoms with Crippen molar-refractivity contribution in [3.63, 3.8) is 0 Å². The maximum Gasteiger partial charge on any atom is 0.166 e. The van der Waals surface area contributed by atoms with Crippen molar-refractivity contribution < 1.29 is 14.2 Å². The van der Waals surface area contributed by atoms with Crippen molar-refractivity contribution in [3.05, 3.63) is 28.9 Å². The molecular formula is C20H30O3. The van der Waals surface area contributed by atoms with E-state index in [1.807, 2.05) is 6.08 Å². The van der Waals surface area contributed by atoms with E-state index >= 15 is 0 Å². The van der Waals surface area contributed by atoms with E-state index in [-0.39, 0.29) is 0 Å². The van der Waals surface area contributed by atoms with Crippen LogP contribution in [0.15, 0.2) is 28.9 Å². The summed E-state index contributed by atoms with van der Waals surface area (Å²) in [7, 11) is 0. The first-order valence-electron chi connectivity index (χ1n) is 8.88. The van der Waals surface area contributed by atoms with E-state index < -0.39 is 0 Å². The van der Waals surface area contributed by atoms with Gasteiger partial charge in [-0.15, -0.1) is 0 Å². The maximum absolute atomic E-state index is 5.83. The molecule has 3 nitrogen and oxygen atoms in total. The summed E-state index contributed by atoms with van der Waals surface area (Å²) >= 11 is 0. The largest absolute Gasteiger partial charge is 0.497 e. The quantitative estimate of drug-likeness (QED) is 0.301. The van der Waals surface area contributed by atoms with E-state index in [9.17, 15) is 0 Å². The van der Waals surface area contributed by atoms with Gasteiger partial charge in [0, 0.05) is 12.5 Å². The minimum atomic E-state index is 0.661. The molecule has 3 heteroatoms. The Balaban J connectivity index is 2.66. The molecular weight excluding hydrogens is 288 g/mol. The minimum Gasteiger partial charge on any atom is -0.497 e. The first kappa shape index (κ1) is 19.3. The summed E-state index contributed by atoms with van der Waals surface area (Å²) < 4.78 is 16.9. The molecule has 0 fully saturated rings. The molecule has 0 N–H and O–H groups in total. The van der Waals surface area contributed by atoms with Crippen LogP contribution >= 0.6 is 0 Å². The first-order valence-corrected chi connectivity index (χ1v) is 8.88. The SMILES string of the molecule is CCCCOC#CC1=C=C(OCCCC)C=C(OCCCC)C1. The number of rotatable bonds is 11. The van der Waals surface area contributed by atoms with Crippen LogP contribution in [-0.4, -0.2) is 19.8 Å². The van der Waals surface area contributed by atoms with Crippen LogP contribution in [0.3, 0.4) is 0 Å². The Morgan fingerprint density at radius 3 is 2.30 bits per heavy atom. The Bertz CT molecular complexity index is 485. The van der Waals surface area contributed by atoms with Crippen LogP contribution in [0.25, 0.3) is 0 Å². The Labute approximate surface area is 141 Å². The van der Waals surface area contributed by atoms with E-state index in [1.165, 1.54) is 0 Å². The van der Waals surface area contributed by atoms with Crippen molar-refractivity contribution in [2.24, 2.45) is 0 Å². The van der Waals surface area contributed by atoms with Crippen molar-refractivity contribution in [3.8, 4) is 12.0 Å². The van der Waals surface area contributed by atoms with Crippen molar-refractivity contribution in [1.82, 2.24) is 0 Å². The summed E-state index contributed by atoms with van der Waals surface area (Å²) in [5.41, 5.74) is 4.09. The van der Waals surface area contributed by atoms with Crippen LogP contribution < -0.4 is 0 Å². The summed E-state index contributed by atoms with van der Waals surface area (Å²) in [6.45, 7) is 8.55. The van der Waals surface area contributed by atoms with E-state index in [4.69, 9.17) is 14.2 Å². The van der Waals surface area contributed by atoms with Crippen LogP contribution in [0.2, 0.25) is 0 Å². The molecule has 0 aromatic heterocycles. The fourth-order valence-corrected chi connectivity index (χ4v) is 1.89. The number of hydrogen-bond acceptors (Lipinski definition) is 3. The fourth-order valence-electron chi connectivity index (χ4n) is 1.89. The van der Waals surface area contributed by atoms with Gasteiger partial charge in [-0.2, -0.15) is 0 Å². The average molecular weight is 318 g/mol. The predicted octanol–water partition coefficient (Wildman–Crippen LogP) is 5.09. The molecule has 0 aromatic rings. The second-order valence-corrected chi connectivity index (χ2v) is 5.59. The normalized spacial score (nSPS) is 13.3. The lowest BCUT2D eigenvalue weighted by Gasteiger charge is -2.14. The lowest BCUT2D eigenvalue weighted by Crippen LogP contribution is -2.02. The summed E-state index contributed by atoms with van der Waals surface area (Å²) in [5, 5.41) is 0. The zero-order valence-electron chi connectivity index (χ0n) is 14.9. The highest BCUT2D eigenvalue weighted by Gasteiger charge is 2.10. The monoisotopic (exact) mass is 318 g/mol. The molecule has 1 rings (SSSR count). The molecule has 0 spiro atoms. The molecule has 1 aliphatic carbocycles. The van der Waals surface area contributed by atoms with Crippen molar-refractivity contribution in [1.29, 1.82) is 0 Å². The van der Waals surface area contributed by atoms with E-state index in [0.717, 1.165) is 56.5 Å². The lowest BCUT2D eigenvalue weighted by atomic mass is 10.1. The number of allylic oxidation sites excluding steroid dienone is 1. The topological polar surface area (TPSA) is 27.7 Å². The van der Waals surface area contributed by atoms with Crippen LogP contribution in [0.5, 0.6) is 0 Å². The molecule has 23 heavy (non-hydrogen) atoms. The maximum atomic E-state index is 5.83. The van der Waals surface area contributed by atoms with Gasteiger partial charge in [-0.3, -0.25) is 0 Å². The fraction of sp³-hybridized carbons (Fsp3) is 0.650. The van der Waals surface area contributed by atoms with Gasteiger partial charge in [-0.1, -0.05) is 45.8 Å². The molecule has 0 saturated carbocycles. The molecule has 0 saturated heterocycles. The Hall–Kier alpha value is -1.78. The van der Waals surface area contributed by atoms with Gasteiger partial charge in [0.1, 0.15) is 18.5 Å². The van der Waals surface area contributed by atoms with Gasteiger partial charge in [-0.05, 0) is 25.2 Å². The van der Waals surface area contributed by atoms with E-state index in [2.05, 4.69) is 38.5 Å². The molecule has 0 aromatic carbocycles. The molecule has 0 aliphatic heterocycles. The minimum absolute atomic E-state index is 0.661. The average Bonchev–Trinajstić information content (AvgIpc) is 2.55. The summed E-state index contributed by atoms with van der Waals surface area (Å²) in [5.74, 6) is 4.65. The molecule has 0 unspecified atom stereocenters. The smallest absolute Gasteiger partial charge is 0.166 e. The molecule has 0 bridgehead atoms. The molecule has 0 atom stereocenters. The molecule has 1 aliphatic rings. The number of hydrogen-bond donors (Lipinski definition) is 0. The highest BCUT2D eigenvalue weighted by Crippen LogP contribution is 2.20. The number of ether oxygens (including phenoxy) is 3. The molecule has 0 amide bonds. The van der Waals surface area contributed by atoms with Gasteiger partial charge in [-0.25, -0.2) is 0 Å². The summed E-state index contributed by atoms with van der Waals surface area (Å²) in [6.07, 6.45) is 11.8. The Morgan fingerprint density at radius 2 is 1.61 bits per heavy atom. The summed E-state index contributed by atoms with van der Waals surface area (Å²) in [4.78, 5) is 0. The van der Waals surface area contributed by atoms with Gasteiger partial charge in [0.25, 0.3) is 0 Å². The lowest BCUT2D eigenvalue weighted by molar-refractivity contribution is 0.188. The first-order chi connectivity index (χ1) is 11.3. The zero-order chi connectivity index (χ0) is 16.8. The third kappa shape index (κ3) is 9.06. The third-order valence-corrected chi connectivity index (χ3v) is 3.33. The second kappa shape index (κ2) is 12.7. The van der Waals surface area contributed by atoms with Gasteiger partial charge in [0.15, 0.2) is 5.76 Å². The molecule has 128 valence electrons. The highest BCUT2D eigenvalue weighted by atomic mass is 16.5. The van der Waals surface area contributed by atoms with Crippen LogP contribution in [0.1, 0.15) is 65.7 Å². The van der Waals surface area contributed by atoms with Gasteiger partial charge in [0.05, 0.1) is 18.8 Å². The third-order valence-electron chi connectivity index (χ3n) is 3.33. The Morgan fingerprint density at radius 1 is 0.957 bits per heavy atom. The summed E-state index contributed by atoms with van der Waals surface area (Å²) in [6, 6.07) is 0. The van der Waals surface area contributed by atoms with Crippen molar-refractivity contribution in [2.45, 2.75) is 65.7 Å². The molecule has 0 radical (unpaired) electrons. The second-order valence-electron chi connectivity index (χ2n) is 5.59. The Kier molecular flexibility index (Phi) is 10.7. The van der Waals surface area contributed by atoms with Gasteiger partial charge < -0.3 is 14.2 Å². The number of unbranched alkanes of at least 4 members (excludes halogenated alkanes) is 3. The zero-order valence-corrected chi connectivity index (χ0v) is 14.9. The van der Waals surface area contributed by atoms with Crippen LogP contribution in [0, 0.1) is 12.0 Å². The van der Waals surface area contributed by atoms with Crippen LogP contribution in [-0.2, 0) is 14.2 Å². The van der Waals surface area contributed by atoms with Gasteiger partial charge in [0.2, 0.25) is 0 Å². The van der Waals surface area contributed by atoms with Gasteiger partial charge >= 0.3 is 0 Å². The van der Waals surface area contributed by atoms with Crippen molar-refractivity contribution >= 4 is 0 Å². The molecule has 0 heterocycles. The van der Waals surface area contributed by atoms with Crippen molar-refractivity contribution in [2.75, 3.05) is 19.8 Å². The van der Waals surface area contributed by atoms with E-state index in [0.29, 0.717) is 25.4 Å². The van der Waals surface area contributed by atoms with Crippen LogP contribution in [0.4, 0.5) is 0 Å². The highest BCUT2D eigenvalue weighted by molar-refractivity contribution is 5.37. The van der Waals surface area contributed by atoms with E-state index in [1.54, 1.807) is 0 Å². The standard InChI is InChI=1S/C20H30O3/c1-4-7-11-21-14-10-18-15-19(22-12-8-5-2)17-20(16-18)23-13-9-6-3/h17H,4-9,11-13,15H2,1-3H3. The predicted molar refractivity (Wildman–Crippen MR) is 93.6 cm³/mol.